The van der Waals surface area contributed by atoms with Crippen molar-refractivity contribution < 1.29 is 4.79 Å². The molecule has 1 aliphatic carbocycles. The fraction of sp³-hybridized carbons (Fsp3) is 0.562. The Kier molecular flexibility index (Phi) is 3.43. The van der Waals surface area contributed by atoms with Crippen molar-refractivity contribution in [1.29, 1.82) is 0 Å². The van der Waals surface area contributed by atoms with Crippen LogP contribution in [0.2, 0.25) is 0 Å². The molecule has 0 atom stereocenters. The lowest BCUT2D eigenvalue weighted by atomic mass is 9.87. The Balaban J connectivity index is 2.02. The minimum absolute atomic E-state index is 0.0624. The third-order valence-corrected chi connectivity index (χ3v) is 3.80. The zero-order chi connectivity index (χ0) is 14.3. The van der Waals surface area contributed by atoms with Crippen molar-refractivity contribution in [3.63, 3.8) is 0 Å². The SMILES string of the molecule is CN(Cc1ccc(C(C)(C)C)cc1)C(=O)C1(N)CC1. The van der Waals surface area contributed by atoms with Crippen molar-refractivity contribution in [2.75, 3.05) is 7.05 Å². The third-order valence-electron chi connectivity index (χ3n) is 3.80. The number of hydrogen-bond donors (Lipinski definition) is 1. The Bertz CT molecular complexity index is 467. The minimum Gasteiger partial charge on any atom is -0.340 e. The van der Waals surface area contributed by atoms with E-state index in [1.165, 1.54) is 5.56 Å². The van der Waals surface area contributed by atoms with Gasteiger partial charge < -0.3 is 10.6 Å². The van der Waals surface area contributed by atoms with Crippen LogP contribution in [0.3, 0.4) is 0 Å². The molecule has 1 aromatic rings. The molecule has 0 saturated heterocycles. The van der Waals surface area contributed by atoms with Crippen LogP contribution >= 0.6 is 0 Å². The van der Waals surface area contributed by atoms with E-state index in [4.69, 9.17) is 5.73 Å². The largest absolute Gasteiger partial charge is 0.340 e. The first-order valence-electron chi connectivity index (χ1n) is 6.86. The molecule has 0 bridgehead atoms. The van der Waals surface area contributed by atoms with E-state index < -0.39 is 5.54 Å². The maximum Gasteiger partial charge on any atom is 0.242 e. The van der Waals surface area contributed by atoms with Crippen molar-refractivity contribution in [2.24, 2.45) is 5.73 Å². The number of benzene rings is 1. The quantitative estimate of drug-likeness (QED) is 0.907. The molecule has 2 rings (SSSR count). The van der Waals surface area contributed by atoms with Gasteiger partial charge in [-0.1, -0.05) is 45.0 Å². The summed E-state index contributed by atoms with van der Waals surface area (Å²) in [6.45, 7) is 7.22. The zero-order valence-electron chi connectivity index (χ0n) is 12.4. The van der Waals surface area contributed by atoms with Crippen LogP contribution in [0.4, 0.5) is 0 Å². The smallest absolute Gasteiger partial charge is 0.242 e. The summed E-state index contributed by atoms with van der Waals surface area (Å²) in [6, 6.07) is 8.48. The number of likely N-dealkylation sites (N-methyl/N-ethyl adjacent to an activating group) is 1. The predicted octanol–water partition coefficient (Wildman–Crippen LogP) is 2.43. The van der Waals surface area contributed by atoms with Gasteiger partial charge in [-0.05, 0) is 29.4 Å². The van der Waals surface area contributed by atoms with Crippen LogP contribution in [-0.4, -0.2) is 23.4 Å². The Morgan fingerprint density at radius 2 is 1.79 bits per heavy atom. The standard InChI is InChI=1S/C16H24N2O/c1-15(2,3)13-7-5-12(6-8-13)11-18(4)14(19)16(17)9-10-16/h5-8H,9-11,17H2,1-4H3. The molecule has 1 saturated carbocycles. The lowest BCUT2D eigenvalue weighted by Crippen LogP contribution is -2.43. The van der Waals surface area contributed by atoms with Crippen LogP contribution in [0, 0.1) is 0 Å². The summed E-state index contributed by atoms with van der Waals surface area (Å²) >= 11 is 0. The monoisotopic (exact) mass is 260 g/mol. The van der Waals surface area contributed by atoms with Gasteiger partial charge in [-0.15, -0.1) is 0 Å². The van der Waals surface area contributed by atoms with E-state index in [1.54, 1.807) is 4.90 Å². The average Bonchev–Trinajstić information content (AvgIpc) is 3.07. The highest BCUT2D eigenvalue weighted by atomic mass is 16.2. The molecule has 3 heteroatoms. The van der Waals surface area contributed by atoms with Crippen molar-refractivity contribution >= 4 is 5.91 Å². The number of amides is 1. The lowest BCUT2D eigenvalue weighted by Gasteiger charge is -2.22. The minimum atomic E-state index is -0.569. The van der Waals surface area contributed by atoms with Gasteiger partial charge in [0.2, 0.25) is 5.91 Å². The molecular weight excluding hydrogens is 236 g/mol. The van der Waals surface area contributed by atoms with Crippen molar-refractivity contribution in [3.05, 3.63) is 35.4 Å². The number of carbonyl (C=O) groups excluding carboxylic acids is 1. The van der Waals surface area contributed by atoms with E-state index >= 15 is 0 Å². The van der Waals surface area contributed by atoms with Crippen molar-refractivity contribution in [3.8, 4) is 0 Å². The summed E-state index contributed by atoms with van der Waals surface area (Å²) in [5.41, 5.74) is 7.98. The van der Waals surface area contributed by atoms with Gasteiger partial charge in [0.1, 0.15) is 0 Å². The molecule has 19 heavy (non-hydrogen) atoms. The molecule has 0 heterocycles. The second kappa shape index (κ2) is 4.64. The van der Waals surface area contributed by atoms with Gasteiger partial charge in [0.15, 0.2) is 0 Å². The van der Waals surface area contributed by atoms with Crippen LogP contribution in [0.15, 0.2) is 24.3 Å². The topological polar surface area (TPSA) is 46.3 Å². The maximum absolute atomic E-state index is 12.1. The van der Waals surface area contributed by atoms with Gasteiger partial charge in [0.05, 0.1) is 5.54 Å². The Morgan fingerprint density at radius 3 is 2.21 bits per heavy atom. The highest BCUT2D eigenvalue weighted by Gasteiger charge is 2.47. The molecule has 1 aromatic carbocycles. The molecule has 104 valence electrons. The van der Waals surface area contributed by atoms with E-state index in [0.717, 1.165) is 18.4 Å². The van der Waals surface area contributed by atoms with E-state index in [1.807, 2.05) is 7.05 Å². The summed E-state index contributed by atoms with van der Waals surface area (Å²) in [5, 5.41) is 0. The number of carbonyl (C=O) groups is 1. The normalized spacial score (nSPS) is 17.1. The van der Waals surface area contributed by atoms with Crippen LogP contribution < -0.4 is 5.73 Å². The molecule has 0 unspecified atom stereocenters. The molecular formula is C16H24N2O. The van der Waals surface area contributed by atoms with E-state index in [-0.39, 0.29) is 11.3 Å². The van der Waals surface area contributed by atoms with Crippen LogP contribution in [0.1, 0.15) is 44.7 Å². The van der Waals surface area contributed by atoms with E-state index in [9.17, 15) is 4.79 Å². The molecule has 0 radical (unpaired) electrons. The third kappa shape index (κ3) is 3.16. The average molecular weight is 260 g/mol. The zero-order valence-corrected chi connectivity index (χ0v) is 12.4. The summed E-state index contributed by atoms with van der Waals surface area (Å²) < 4.78 is 0. The predicted molar refractivity (Wildman–Crippen MR) is 77.8 cm³/mol. The number of hydrogen-bond acceptors (Lipinski definition) is 2. The molecule has 3 nitrogen and oxygen atoms in total. The molecule has 1 amide bonds. The van der Waals surface area contributed by atoms with Gasteiger partial charge in [0.25, 0.3) is 0 Å². The molecule has 0 aliphatic heterocycles. The van der Waals surface area contributed by atoms with E-state index in [2.05, 4.69) is 45.0 Å². The molecule has 0 spiro atoms. The van der Waals surface area contributed by atoms with Gasteiger partial charge in [-0.25, -0.2) is 0 Å². The second-order valence-corrected chi connectivity index (χ2v) is 6.76. The first-order valence-corrected chi connectivity index (χ1v) is 6.86. The summed E-state index contributed by atoms with van der Waals surface area (Å²) in [6.07, 6.45) is 1.64. The summed E-state index contributed by atoms with van der Waals surface area (Å²) in [4.78, 5) is 13.8. The molecule has 1 fully saturated rings. The second-order valence-electron chi connectivity index (χ2n) is 6.76. The Hall–Kier alpha value is -1.35. The van der Waals surface area contributed by atoms with Gasteiger partial charge in [0, 0.05) is 13.6 Å². The van der Waals surface area contributed by atoms with Crippen LogP contribution in [0.25, 0.3) is 0 Å². The molecule has 0 aromatic heterocycles. The van der Waals surface area contributed by atoms with Crippen LogP contribution in [0.5, 0.6) is 0 Å². The maximum atomic E-state index is 12.1. The molecule has 1 aliphatic rings. The summed E-state index contributed by atoms with van der Waals surface area (Å²) in [5.74, 6) is 0.0624. The fourth-order valence-electron chi connectivity index (χ4n) is 2.18. The highest BCUT2D eigenvalue weighted by Crippen LogP contribution is 2.34. The van der Waals surface area contributed by atoms with Gasteiger partial charge >= 0.3 is 0 Å². The first kappa shape index (κ1) is 14.1. The number of rotatable bonds is 3. The number of nitrogens with zero attached hydrogens (tertiary/aromatic N) is 1. The Morgan fingerprint density at radius 1 is 1.26 bits per heavy atom. The Labute approximate surface area is 115 Å². The lowest BCUT2D eigenvalue weighted by molar-refractivity contribution is -0.132. The summed E-state index contributed by atoms with van der Waals surface area (Å²) in [7, 11) is 1.83. The van der Waals surface area contributed by atoms with Gasteiger partial charge in [-0.2, -0.15) is 0 Å². The first-order chi connectivity index (χ1) is 8.72. The fourth-order valence-corrected chi connectivity index (χ4v) is 2.18. The number of nitrogens with two attached hydrogens (primary N) is 1. The van der Waals surface area contributed by atoms with Crippen LogP contribution in [-0.2, 0) is 16.8 Å². The molecule has 2 N–H and O–H groups in total. The highest BCUT2D eigenvalue weighted by molar-refractivity contribution is 5.88. The van der Waals surface area contributed by atoms with E-state index in [0.29, 0.717) is 6.54 Å². The van der Waals surface area contributed by atoms with Crippen molar-refractivity contribution in [1.82, 2.24) is 4.90 Å². The van der Waals surface area contributed by atoms with Gasteiger partial charge in [-0.3, -0.25) is 4.79 Å². The van der Waals surface area contributed by atoms with Crippen molar-refractivity contribution in [2.45, 2.75) is 51.1 Å².